The van der Waals surface area contributed by atoms with Crippen LogP contribution in [0.15, 0.2) is 104 Å². The highest BCUT2D eigenvalue weighted by molar-refractivity contribution is 8.76. The number of amides is 13. The number of nitrogens with one attached hydrogen (secondary N) is 13. The van der Waals surface area contributed by atoms with E-state index in [4.69, 9.17) is 11.5 Å². The van der Waals surface area contributed by atoms with Gasteiger partial charge in [0.25, 0.3) is 0 Å². The minimum absolute atomic E-state index is 0.00414. The summed E-state index contributed by atoms with van der Waals surface area (Å²) < 4.78 is 0. The van der Waals surface area contributed by atoms with Crippen molar-refractivity contribution < 1.29 is 77.3 Å². The van der Waals surface area contributed by atoms with Crippen LogP contribution in [0, 0.1) is 11.8 Å². The van der Waals surface area contributed by atoms with Crippen LogP contribution >= 0.6 is 21.6 Å². The van der Waals surface area contributed by atoms with Gasteiger partial charge in [-0.15, -0.1) is 0 Å². The van der Waals surface area contributed by atoms with Gasteiger partial charge in [0, 0.05) is 100 Å². The van der Waals surface area contributed by atoms with Gasteiger partial charge in [0.15, 0.2) is 0 Å². The number of H-pyrrole nitrogens is 1. The number of hydrogen-bond acceptors (Lipinski definition) is 20. The van der Waals surface area contributed by atoms with Crippen LogP contribution in [0.1, 0.15) is 269 Å². The lowest BCUT2D eigenvalue weighted by Gasteiger charge is -2.35. The summed E-state index contributed by atoms with van der Waals surface area (Å²) in [5.74, 6) is -10.1. The zero-order chi connectivity index (χ0) is 95.2. The molecular weight excluding hydrogens is 1710 g/mol. The molecule has 1 aromatic heterocycles. The minimum Gasteiger partial charge on any atom is -0.481 e. The fourth-order valence-corrected chi connectivity index (χ4v) is 18.6. The maximum atomic E-state index is 16.0. The molecule has 19 N–H and O–H groups in total. The number of aliphatic hydroxyl groups excluding tert-OH is 1. The highest BCUT2D eigenvalue weighted by Gasteiger charge is 2.44. The quantitative estimate of drug-likeness (QED) is 0.0150. The van der Waals surface area contributed by atoms with Crippen molar-refractivity contribution >= 4 is 104 Å². The van der Waals surface area contributed by atoms with Crippen molar-refractivity contribution in [2.45, 2.75) is 332 Å². The predicted octanol–water partition coefficient (Wildman–Crippen LogP) is 7.52. The van der Waals surface area contributed by atoms with Gasteiger partial charge in [-0.25, -0.2) is 4.98 Å². The summed E-state index contributed by atoms with van der Waals surface area (Å²) in [6.45, 7) is 12.2. The average molecular weight is 1860 g/mol. The first-order valence-electron chi connectivity index (χ1n) is 47.6. The molecule has 3 heterocycles. The molecule has 2 fully saturated rings. The number of aliphatic hydroxyl groups is 1. The molecule has 0 aliphatic carbocycles. The first-order valence-corrected chi connectivity index (χ1v) is 50.1. The van der Waals surface area contributed by atoms with Crippen molar-refractivity contribution in [1.29, 1.82) is 0 Å². The Morgan fingerprint density at radius 3 is 1.64 bits per heavy atom. The number of nitrogens with two attached hydrogens (primary N) is 2. The number of aromatic amines is 1. The van der Waals surface area contributed by atoms with Gasteiger partial charge < -0.3 is 95.4 Å². The standard InChI is InChI=1S/C96H149N17O16S2/c1-7-9-10-11-12-13-14-15-16-17-18-19-30-47-79(115)100-52-35-23-31-48-80(116)101-53-36-33-45-74(89(122)108-73(88(98)121)44-32-34-51-97)106-82(118)58-70(56-67-38-24-20-25-39-67)104-92(125)77-62-131-130-61-72(60-102-85(65(5)8-2)94(127)110-77)105-93(126)78-46-37-54-113(78)96(129)87(84(68-40-26-21-27-41-68)69-42-28-22-29-43-69)112-91(124)76(57-71-59-99-63-103-71)109-95(128)86(66(6)114)111-90(123)75(49-50-83(119)120)107-81(117)55-64(3)4/h20-22,24-29,38-43,59,63-66,70,72-78,84-87,102,114H,7-19,23,30-37,44-58,60-62,97H2,1-6H3,(H2,98,121)(H,99,103)(H,100,115)(H,101,116)(H,104,125)(H,105,126)(H,106,118)(H,107,117)(H,108,122)(H,109,128)(H,110,127)(H,111,123)(H,112,124)(H,119,120)/t65-,66+,70-,72+,73+,74-,75-,76-,77-,78-,85-,86-,87-/m0/s1. The summed E-state index contributed by atoms with van der Waals surface area (Å²) in [6, 6.07) is 13.9. The average Bonchev–Trinajstić information content (AvgIpc) is 1.69. The number of primary amides is 1. The normalized spacial score (nSPS) is 17.4. The molecule has 0 saturated carbocycles. The van der Waals surface area contributed by atoms with Crippen LogP contribution in [0.2, 0.25) is 0 Å². The SMILES string of the molecule is CCCCCCCCCCCCCCCC(=O)NCCCCCC(=O)NCCCC[C@H](NC(=O)C[C@H](Cc1ccccc1)NC(=O)[C@@H]1CSSC[C@H](NC(=O)[C@@H]2CCCN2C(=O)[C@@H](NC(=O)[C@H](Cc2cnc[nH]2)NC(=O)[C@@H](NC(=O)[C@H](CCC(=O)O)NC(=O)CC(C)C)[C@@H](C)O)C(c2ccccc2)c2ccccc2)CN[C@@H]([C@@H](C)CC)C(=O)N1)C(=O)N[C@H](CCCCN)C(N)=O. The molecule has 2 aliphatic rings. The van der Waals surface area contributed by atoms with E-state index >= 15 is 14.4 Å². The molecule has 0 unspecified atom stereocenters. The first-order chi connectivity index (χ1) is 63.1. The van der Waals surface area contributed by atoms with E-state index in [9.17, 15) is 63.0 Å². The molecule has 0 bridgehead atoms. The van der Waals surface area contributed by atoms with Crippen molar-refractivity contribution in [2.75, 3.05) is 44.2 Å². The smallest absolute Gasteiger partial charge is 0.303 e. The molecule has 3 aromatic carbocycles. The van der Waals surface area contributed by atoms with E-state index in [2.05, 4.69) is 80.7 Å². The fourth-order valence-electron chi connectivity index (χ4n) is 16.2. The van der Waals surface area contributed by atoms with Crippen molar-refractivity contribution in [3.05, 3.63) is 126 Å². The highest BCUT2D eigenvalue weighted by Crippen LogP contribution is 2.33. The fraction of sp³-hybridized carbons (Fsp3) is 0.635. The monoisotopic (exact) mass is 1860 g/mol. The molecule has 33 nitrogen and oxygen atoms in total. The number of imidazole rings is 1. The van der Waals surface area contributed by atoms with Crippen LogP contribution < -0.4 is 75.3 Å². The van der Waals surface area contributed by atoms with Crippen LogP contribution in [0.5, 0.6) is 0 Å². The summed E-state index contributed by atoms with van der Waals surface area (Å²) in [6.07, 6.45) is 22.4. The van der Waals surface area contributed by atoms with E-state index in [1.165, 1.54) is 110 Å². The molecule has 4 aromatic rings. The Kier molecular flexibility index (Phi) is 52.3. The van der Waals surface area contributed by atoms with E-state index in [1.54, 1.807) is 74.5 Å². The third-order valence-electron chi connectivity index (χ3n) is 23.8. The van der Waals surface area contributed by atoms with Crippen LogP contribution in [0.4, 0.5) is 0 Å². The number of rotatable bonds is 62. The van der Waals surface area contributed by atoms with Crippen LogP contribution in [0.25, 0.3) is 0 Å². The summed E-state index contributed by atoms with van der Waals surface area (Å²) >= 11 is 0. The molecular formula is C96H149N17O16S2. The summed E-state index contributed by atoms with van der Waals surface area (Å²) in [4.78, 5) is 205. The molecule has 35 heteroatoms. The van der Waals surface area contributed by atoms with Crippen molar-refractivity contribution in [3.8, 4) is 0 Å². The van der Waals surface area contributed by atoms with Crippen molar-refractivity contribution in [1.82, 2.24) is 78.7 Å². The Balaban J connectivity index is 1.12. The number of likely N-dealkylation sites (tertiary alicyclic amines) is 1. The lowest BCUT2D eigenvalue weighted by Crippen LogP contribution is -2.62. The molecule has 2 saturated heterocycles. The van der Waals surface area contributed by atoms with Crippen LogP contribution in [0.3, 0.4) is 0 Å². The van der Waals surface area contributed by atoms with Gasteiger partial charge in [0.1, 0.15) is 48.3 Å². The Hall–Kier alpha value is -9.97. The highest BCUT2D eigenvalue weighted by atomic mass is 33.1. The van der Waals surface area contributed by atoms with Gasteiger partial charge in [-0.05, 0) is 125 Å². The number of carbonyl (C=O) groups excluding carboxylic acids is 13. The van der Waals surface area contributed by atoms with Gasteiger partial charge in [-0.2, -0.15) is 0 Å². The van der Waals surface area contributed by atoms with Crippen molar-refractivity contribution in [2.24, 2.45) is 23.3 Å². The van der Waals surface area contributed by atoms with Crippen molar-refractivity contribution in [3.63, 3.8) is 0 Å². The second kappa shape index (κ2) is 62.4. The molecule has 131 heavy (non-hydrogen) atoms. The third kappa shape index (κ3) is 42.2. The number of carboxylic acid groups (broad SMARTS) is 1. The maximum absolute atomic E-state index is 16.0. The largest absolute Gasteiger partial charge is 0.481 e. The number of hydrogen-bond donors (Lipinski definition) is 17. The minimum atomic E-state index is -1.77. The van der Waals surface area contributed by atoms with E-state index < -0.39 is 156 Å². The summed E-state index contributed by atoms with van der Waals surface area (Å²) in [5.41, 5.74) is 13.9. The number of aromatic nitrogens is 2. The van der Waals surface area contributed by atoms with Gasteiger partial charge in [-0.1, -0.05) is 237 Å². The maximum Gasteiger partial charge on any atom is 0.303 e. The molecule has 2 aliphatic heterocycles. The van der Waals surface area contributed by atoms with E-state index in [0.717, 1.165) is 37.7 Å². The number of aliphatic carboxylic acids is 1. The molecule has 13 amide bonds. The zero-order valence-electron chi connectivity index (χ0n) is 77.7. The Bertz CT molecular complexity index is 4080. The van der Waals surface area contributed by atoms with Crippen LogP contribution in [-0.2, 0) is 80.0 Å². The van der Waals surface area contributed by atoms with Gasteiger partial charge in [-0.3, -0.25) is 67.1 Å². The van der Waals surface area contributed by atoms with Gasteiger partial charge in [0.2, 0.25) is 76.8 Å². The number of unbranched alkanes of at least 4 members (excludes halogenated alkanes) is 16. The second-order valence-corrected chi connectivity index (χ2v) is 37.8. The number of carbonyl (C=O) groups is 14. The molecule has 726 valence electrons. The lowest BCUT2D eigenvalue weighted by molar-refractivity contribution is -0.142. The predicted molar refractivity (Wildman–Crippen MR) is 509 cm³/mol. The number of nitrogens with zero attached hydrogens (tertiary/aromatic N) is 2. The Morgan fingerprint density at radius 1 is 0.550 bits per heavy atom. The molecule has 13 atom stereocenters. The van der Waals surface area contributed by atoms with Gasteiger partial charge >= 0.3 is 5.97 Å². The molecule has 0 spiro atoms. The Morgan fingerprint density at radius 2 is 1.08 bits per heavy atom. The van der Waals surface area contributed by atoms with E-state index in [-0.39, 0.29) is 99.6 Å². The molecule has 6 rings (SSSR count). The second-order valence-electron chi connectivity index (χ2n) is 35.3. The first kappa shape index (κ1) is 110. The van der Waals surface area contributed by atoms with E-state index in [1.807, 2.05) is 44.2 Å². The molecule has 0 radical (unpaired) electrons. The zero-order valence-corrected chi connectivity index (χ0v) is 79.4. The number of carboxylic acids is 1. The topological polar surface area (TPSA) is 508 Å². The van der Waals surface area contributed by atoms with Gasteiger partial charge in [0.05, 0.1) is 24.5 Å². The van der Waals surface area contributed by atoms with Crippen LogP contribution in [-0.4, -0.2) is 225 Å². The summed E-state index contributed by atoms with van der Waals surface area (Å²) in [7, 11) is 2.60. The lowest BCUT2D eigenvalue weighted by atomic mass is 9.84. The van der Waals surface area contributed by atoms with E-state index in [0.29, 0.717) is 94.2 Å². The Labute approximate surface area is 781 Å². The summed E-state index contributed by atoms with van der Waals surface area (Å²) in [5, 5.41) is 55.5. The third-order valence-corrected chi connectivity index (χ3v) is 26.3. The number of benzene rings is 3.